The summed E-state index contributed by atoms with van der Waals surface area (Å²) in [6, 6.07) is 12.4. The molecule has 3 rings (SSSR count). The minimum absolute atomic E-state index is 0.0926. The van der Waals surface area contributed by atoms with Crippen LogP contribution in [0.5, 0.6) is 5.75 Å². The van der Waals surface area contributed by atoms with Gasteiger partial charge in [-0.1, -0.05) is 12.1 Å². The maximum Gasteiger partial charge on any atom is 0.253 e. The van der Waals surface area contributed by atoms with Crippen LogP contribution < -0.4 is 4.74 Å². The summed E-state index contributed by atoms with van der Waals surface area (Å²) in [5.74, 6) is 0.985. The summed E-state index contributed by atoms with van der Waals surface area (Å²) in [7, 11) is 5.71. The average molecular weight is 352 g/mol. The third-order valence-corrected chi connectivity index (χ3v) is 5.40. The zero-order valence-electron chi connectivity index (χ0n) is 16.4. The zero-order chi connectivity index (χ0) is 18.8. The minimum atomic E-state index is 0.0926. The number of benzene rings is 2. The van der Waals surface area contributed by atoms with Gasteiger partial charge < -0.3 is 14.5 Å². The maximum absolute atomic E-state index is 13.0. The molecule has 0 bridgehead atoms. The number of hydrogen-bond donors (Lipinski definition) is 0. The predicted octanol–water partition coefficient (Wildman–Crippen LogP) is 3.76. The van der Waals surface area contributed by atoms with Crippen LogP contribution in [-0.2, 0) is 0 Å². The van der Waals surface area contributed by atoms with Gasteiger partial charge in [-0.05, 0) is 80.4 Å². The highest BCUT2D eigenvalue weighted by Crippen LogP contribution is 2.30. The largest absolute Gasteiger partial charge is 0.496 e. The van der Waals surface area contributed by atoms with Gasteiger partial charge in [0.1, 0.15) is 5.75 Å². The molecule has 0 N–H and O–H groups in total. The quantitative estimate of drug-likeness (QED) is 0.840. The Morgan fingerprint density at radius 3 is 2.62 bits per heavy atom. The molecule has 1 saturated heterocycles. The van der Waals surface area contributed by atoms with Crippen molar-refractivity contribution >= 4 is 5.91 Å². The van der Waals surface area contributed by atoms with E-state index in [4.69, 9.17) is 4.74 Å². The maximum atomic E-state index is 13.0. The SMILES string of the molecule is COc1cc(C)c(-c2cccc(C(=O)N(C)[C@H]3CCN(C)C3)c2)cc1C. The molecule has 2 aromatic rings. The standard InChI is InChI=1S/C22H28N2O2/c1-15-12-21(26-5)16(2)11-20(15)17-7-6-8-18(13-17)22(25)24(4)19-9-10-23(3)14-19/h6-8,11-13,19H,9-10,14H2,1-5H3/t19-/m0/s1. The Hall–Kier alpha value is -2.33. The predicted molar refractivity (Wildman–Crippen MR) is 106 cm³/mol. The molecule has 0 aromatic heterocycles. The molecule has 1 aliphatic heterocycles. The highest BCUT2D eigenvalue weighted by atomic mass is 16.5. The molecule has 138 valence electrons. The molecule has 0 unspecified atom stereocenters. The minimum Gasteiger partial charge on any atom is -0.496 e. The van der Waals surface area contributed by atoms with Gasteiger partial charge in [-0.2, -0.15) is 0 Å². The first kappa shape index (κ1) is 18.5. The average Bonchev–Trinajstić information content (AvgIpc) is 3.08. The first-order valence-electron chi connectivity index (χ1n) is 9.12. The van der Waals surface area contributed by atoms with E-state index >= 15 is 0 Å². The lowest BCUT2D eigenvalue weighted by molar-refractivity contribution is 0.0737. The molecule has 1 aliphatic rings. The number of amides is 1. The van der Waals surface area contributed by atoms with Crippen molar-refractivity contribution in [3.63, 3.8) is 0 Å². The fourth-order valence-electron chi connectivity index (χ4n) is 3.74. The third kappa shape index (κ3) is 3.61. The number of ether oxygens (including phenoxy) is 1. The van der Waals surface area contributed by atoms with Gasteiger partial charge in [-0.3, -0.25) is 4.79 Å². The van der Waals surface area contributed by atoms with Gasteiger partial charge in [0.2, 0.25) is 0 Å². The molecule has 0 saturated carbocycles. The first-order chi connectivity index (χ1) is 12.4. The molecule has 1 heterocycles. The highest BCUT2D eigenvalue weighted by Gasteiger charge is 2.27. The van der Waals surface area contributed by atoms with E-state index in [-0.39, 0.29) is 5.91 Å². The number of hydrogen-bond acceptors (Lipinski definition) is 3. The molecular formula is C22H28N2O2. The van der Waals surface area contributed by atoms with Crippen LogP contribution in [-0.4, -0.2) is 56.0 Å². The second kappa shape index (κ2) is 7.50. The van der Waals surface area contributed by atoms with E-state index in [1.807, 2.05) is 37.1 Å². The van der Waals surface area contributed by atoms with Gasteiger partial charge in [0.15, 0.2) is 0 Å². The number of carbonyl (C=O) groups excluding carboxylic acids is 1. The summed E-state index contributed by atoms with van der Waals surface area (Å²) in [6.45, 7) is 6.11. The highest BCUT2D eigenvalue weighted by molar-refractivity contribution is 5.95. The Morgan fingerprint density at radius 2 is 1.96 bits per heavy atom. The molecular weight excluding hydrogens is 324 g/mol. The van der Waals surface area contributed by atoms with Crippen molar-refractivity contribution in [1.29, 1.82) is 0 Å². The molecule has 1 fully saturated rings. The van der Waals surface area contributed by atoms with E-state index in [2.05, 4.69) is 37.1 Å². The van der Waals surface area contributed by atoms with Crippen molar-refractivity contribution in [2.45, 2.75) is 26.3 Å². The number of carbonyl (C=O) groups is 1. The lowest BCUT2D eigenvalue weighted by atomic mass is 9.96. The number of rotatable bonds is 4. The van der Waals surface area contributed by atoms with Crippen LogP contribution in [0.3, 0.4) is 0 Å². The molecule has 4 heteroatoms. The molecule has 1 atom stereocenters. The van der Waals surface area contributed by atoms with Gasteiger partial charge in [0.05, 0.1) is 7.11 Å². The van der Waals surface area contributed by atoms with Crippen LogP contribution in [0.1, 0.15) is 27.9 Å². The van der Waals surface area contributed by atoms with Crippen molar-refractivity contribution in [3.05, 3.63) is 53.1 Å². The van der Waals surface area contributed by atoms with E-state index in [1.54, 1.807) is 7.11 Å². The molecule has 26 heavy (non-hydrogen) atoms. The Kier molecular flexibility index (Phi) is 5.33. The second-order valence-electron chi connectivity index (χ2n) is 7.34. The summed E-state index contributed by atoms with van der Waals surface area (Å²) < 4.78 is 5.41. The lowest BCUT2D eigenvalue weighted by Gasteiger charge is -2.24. The summed E-state index contributed by atoms with van der Waals surface area (Å²) in [6.07, 6.45) is 1.04. The van der Waals surface area contributed by atoms with Crippen molar-refractivity contribution in [2.75, 3.05) is 34.3 Å². The van der Waals surface area contributed by atoms with E-state index in [0.29, 0.717) is 6.04 Å². The van der Waals surface area contributed by atoms with Gasteiger partial charge in [-0.15, -0.1) is 0 Å². The summed E-state index contributed by atoms with van der Waals surface area (Å²) >= 11 is 0. The molecule has 1 amide bonds. The normalized spacial score (nSPS) is 17.3. The van der Waals surface area contributed by atoms with Crippen LogP contribution in [0.25, 0.3) is 11.1 Å². The number of methoxy groups -OCH3 is 1. The zero-order valence-corrected chi connectivity index (χ0v) is 16.4. The monoisotopic (exact) mass is 352 g/mol. The molecule has 0 radical (unpaired) electrons. The van der Waals surface area contributed by atoms with Crippen molar-refractivity contribution in [3.8, 4) is 16.9 Å². The lowest BCUT2D eigenvalue weighted by Crippen LogP contribution is -2.38. The number of likely N-dealkylation sites (tertiary alicyclic amines) is 1. The van der Waals surface area contributed by atoms with E-state index in [1.165, 1.54) is 0 Å². The topological polar surface area (TPSA) is 32.8 Å². The van der Waals surface area contributed by atoms with Gasteiger partial charge in [0.25, 0.3) is 5.91 Å². The third-order valence-electron chi connectivity index (χ3n) is 5.40. The Balaban J connectivity index is 1.89. The van der Waals surface area contributed by atoms with Gasteiger partial charge in [-0.25, -0.2) is 0 Å². The fourth-order valence-corrected chi connectivity index (χ4v) is 3.74. The Bertz CT molecular complexity index is 816. The number of aryl methyl sites for hydroxylation is 2. The van der Waals surface area contributed by atoms with Crippen LogP contribution >= 0.6 is 0 Å². The molecule has 2 aromatic carbocycles. The van der Waals surface area contributed by atoms with Gasteiger partial charge in [0, 0.05) is 25.2 Å². The van der Waals surface area contributed by atoms with Crippen LogP contribution in [0.2, 0.25) is 0 Å². The fraction of sp³-hybridized carbons (Fsp3) is 0.409. The van der Waals surface area contributed by atoms with Crippen LogP contribution in [0, 0.1) is 13.8 Å². The van der Waals surface area contributed by atoms with E-state index in [0.717, 1.165) is 53.1 Å². The van der Waals surface area contributed by atoms with Crippen LogP contribution in [0.4, 0.5) is 0 Å². The summed E-state index contributed by atoms with van der Waals surface area (Å²) in [4.78, 5) is 17.1. The Labute approximate surface area is 156 Å². The second-order valence-corrected chi connectivity index (χ2v) is 7.34. The number of nitrogens with zero attached hydrogens (tertiary/aromatic N) is 2. The Morgan fingerprint density at radius 1 is 1.19 bits per heavy atom. The van der Waals surface area contributed by atoms with Crippen LogP contribution in [0.15, 0.2) is 36.4 Å². The number of likely N-dealkylation sites (N-methyl/N-ethyl adjacent to an activating group) is 2. The van der Waals surface area contributed by atoms with Gasteiger partial charge >= 0.3 is 0 Å². The van der Waals surface area contributed by atoms with E-state index < -0.39 is 0 Å². The molecule has 4 nitrogen and oxygen atoms in total. The van der Waals surface area contributed by atoms with Crippen molar-refractivity contribution < 1.29 is 9.53 Å². The summed E-state index contributed by atoms with van der Waals surface area (Å²) in [5, 5.41) is 0. The molecule has 0 aliphatic carbocycles. The van der Waals surface area contributed by atoms with Crippen molar-refractivity contribution in [2.24, 2.45) is 0 Å². The van der Waals surface area contributed by atoms with Crippen molar-refractivity contribution in [1.82, 2.24) is 9.80 Å². The smallest absolute Gasteiger partial charge is 0.253 e. The van der Waals surface area contributed by atoms with E-state index in [9.17, 15) is 4.79 Å². The molecule has 0 spiro atoms. The first-order valence-corrected chi connectivity index (χ1v) is 9.12. The summed E-state index contributed by atoms with van der Waals surface area (Å²) in [5.41, 5.74) is 5.18.